The summed E-state index contributed by atoms with van der Waals surface area (Å²) in [6.07, 6.45) is 2.34. The highest BCUT2D eigenvalue weighted by atomic mass is 16.5. The van der Waals surface area contributed by atoms with Gasteiger partial charge in [0.2, 0.25) is 0 Å². The molecule has 1 aromatic rings. The van der Waals surface area contributed by atoms with E-state index in [1.54, 1.807) is 12.1 Å². The third kappa shape index (κ3) is 2.90. The maximum atomic E-state index is 10.4. The van der Waals surface area contributed by atoms with E-state index in [4.69, 9.17) is 4.74 Å². The van der Waals surface area contributed by atoms with Crippen LogP contribution in [0.25, 0.3) is 0 Å². The van der Waals surface area contributed by atoms with Crippen molar-refractivity contribution < 1.29 is 14.9 Å². The van der Waals surface area contributed by atoms with Crippen molar-refractivity contribution >= 4 is 0 Å². The standard InChI is InChI=1S/C13H19NO3/c1-17-12-4-3-10(7-11(12)15)8-13(16)5-2-6-14-9-13/h3-4,7,14-16H,2,5-6,8-9H2,1H3. The molecule has 1 aliphatic rings. The molecule has 1 aromatic carbocycles. The number of benzene rings is 1. The molecule has 0 aromatic heterocycles. The number of hydrogen-bond donors (Lipinski definition) is 3. The molecular formula is C13H19NO3. The van der Waals surface area contributed by atoms with Gasteiger partial charge < -0.3 is 20.3 Å². The molecule has 1 atom stereocenters. The van der Waals surface area contributed by atoms with Crippen molar-refractivity contribution in [3.8, 4) is 11.5 Å². The Labute approximate surface area is 101 Å². The average molecular weight is 237 g/mol. The van der Waals surface area contributed by atoms with Gasteiger partial charge in [-0.2, -0.15) is 0 Å². The molecule has 94 valence electrons. The number of nitrogens with one attached hydrogen (secondary N) is 1. The Bertz CT molecular complexity index is 386. The summed E-state index contributed by atoms with van der Waals surface area (Å²) in [5.74, 6) is 0.583. The number of ether oxygens (including phenoxy) is 1. The van der Waals surface area contributed by atoms with Crippen molar-refractivity contribution in [2.24, 2.45) is 0 Å². The zero-order valence-corrected chi connectivity index (χ0v) is 10.1. The summed E-state index contributed by atoms with van der Waals surface area (Å²) in [5, 5.41) is 23.2. The van der Waals surface area contributed by atoms with Gasteiger partial charge in [-0.1, -0.05) is 6.07 Å². The van der Waals surface area contributed by atoms with Crippen molar-refractivity contribution in [3.63, 3.8) is 0 Å². The van der Waals surface area contributed by atoms with Crippen LogP contribution in [0.5, 0.6) is 11.5 Å². The van der Waals surface area contributed by atoms with E-state index in [0.29, 0.717) is 18.7 Å². The Morgan fingerprint density at radius 3 is 2.88 bits per heavy atom. The zero-order chi connectivity index (χ0) is 12.3. The van der Waals surface area contributed by atoms with Crippen molar-refractivity contribution in [2.75, 3.05) is 20.2 Å². The summed E-state index contributed by atoms with van der Waals surface area (Å²) >= 11 is 0. The fourth-order valence-electron chi connectivity index (χ4n) is 2.33. The van der Waals surface area contributed by atoms with E-state index in [9.17, 15) is 10.2 Å². The second-order valence-electron chi connectivity index (χ2n) is 4.69. The maximum absolute atomic E-state index is 10.4. The Kier molecular flexibility index (Phi) is 3.54. The summed E-state index contributed by atoms with van der Waals surface area (Å²) in [7, 11) is 1.52. The predicted molar refractivity (Wildman–Crippen MR) is 65.4 cm³/mol. The summed E-state index contributed by atoms with van der Waals surface area (Å²) < 4.78 is 4.99. The normalized spacial score (nSPS) is 24.6. The Morgan fingerprint density at radius 1 is 1.47 bits per heavy atom. The minimum Gasteiger partial charge on any atom is -0.504 e. The minimum absolute atomic E-state index is 0.123. The van der Waals surface area contributed by atoms with Gasteiger partial charge in [0.1, 0.15) is 0 Å². The number of aromatic hydroxyl groups is 1. The first-order valence-electron chi connectivity index (χ1n) is 5.92. The van der Waals surface area contributed by atoms with Gasteiger partial charge in [0.05, 0.1) is 12.7 Å². The first-order chi connectivity index (χ1) is 8.13. The summed E-state index contributed by atoms with van der Waals surface area (Å²) in [5.41, 5.74) is 0.230. The van der Waals surface area contributed by atoms with E-state index in [2.05, 4.69) is 5.32 Å². The number of methoxy groups -OCH3 is 1. The zero-order valence-electron chi connectivity index (χ0n) is 10.1. The number of hydrogen-bond acceptors (Lipinski definition) is 4. The molecule has 1 aliphatic heterocycles. The van der Waals surface area contributed by atoms with Crippen molar-refractivity contribution in [1.82, 2.24) is 5.32 Å². The van der Waals surface area contributed by atoms with Crippen LogP contribution in [-0.2, 0) is 6.42 Å². The van der Waals surface area contributed by atoms with E-state index in [1.165, 1.54) is 7.11 Å². The topological polar surface area (TPSA) is 61.7 Å². The fourth-order valence-corrected chi connectivity index (χ4v) is 2.33. The molecule has 2 rings (SSSR count). The third-order valence-electron chi connectivity index (χ3n) is 3.23. The second kappa shape index (κ2) is 4.94. The first kappa shape index (κ1) is 12.2. The Hall–Kier alpha value is -1.26. The van der Waals surface area contributed by atoms with Gasteiger partial charge in [0.15, 0.2) is 11.5 Å². The lowest BCUT2D eigenvalue weighted by atomic mass is 9.87. The summed E-state index contributed by atoms with van der Waals surface area (Å²) in [4.78, 5) is 0. The van der Waals surface area contributed by atoms with Gasteiger partial charge in [-0.3, -0.25) is 0 Å². The van der Waals surface area contributed by atoms with E-state index in [-0.39, 0.29) is 5.75 Å². The van der Waals surface area contributed by atoms with E-state index in [1.807, 2.05) is 6.07 Å². The number of β-amino-alcohol motifs (C(OH)–C–C–N with tert-alkyl or cyclic N) is 1. The molecule has 0 aliphatic carbocycles. The van der Waals surface area contributed by atoms with E-state index in [0.717, 1.165) is 24.9 Å². The number of aliphatic hydroxyl groups is 1. The highest BCUT2D eigenvalue weighted by Crippen LogP contribution is 2.29. The third-order valence-corrected chi connectivity index (χ3v) is 3.23. The maximum Gasteiger partial charge on any atom is 0.160 e. The molecule has 3 N–H and O–H groups in total. The molecule has 1 heterocycles. The van der Waals surface area contributed by atoms with Crippen LogP contribution in [-0.4, -0.2) is 36.0 Å². The van der Waals surface area contributed by atoms with Gasteiger partial charge in [0.25, 0.3) is 0 Å². The smallest absolute Gasteiger partial charge is 0.160 e. The van der Waals surface area contributed by atoms with Gasteiger partial charge in [0, 0.05) is 13.0 Å². The SMILES string of the molecule is COc1ccc(CC2(O)CCCNC2)cc1O. The van der Waals surface area contributed by atoms with Crippen LogP contribution in [0.2, 0.25) is 0 Å². The van der Waals surface area contributed by atoms with Crippen LogP contribution in [0.4, 0.5) is 0 Å². The van der Waals surface area contributed by atoms with E-state index < -0.39 is 5.60 Å². The van der Waals surface area contributed by atoms with E-state index >= 15 is 0 Å². The monoisotopic (exact) mass is 237 g/mol. The molecule has 0 spiro atoms. The molecular weight excluding hydrogens is 218 g/mol. The lowest BCUT2D eigenvalue weighted by Gasteiger charge is -2.32. The fraction of sp³-hybridized carbons (Fsp3) is 0.538. The van der Waals surface area contributed by atoms with Gasteiger partial charge in [-0.25, -0.2) is 0 Å². The van der Waals surface area contributed by atoms with Crippen LogP contribution in [0, 0.1) is 0 Å². The van der Waals surface area contributed by atoms with Crippen LogP contribution >= 0.6 is 0 Å². The Balaban J connectivity index is 2.10. The predicted octanol–water partition coefficient (Wildman–Crippen LogP) is 1.06. The van der Waals surface area contributed by atoms with Gasteiger partial charge in [-0.15, -0.1) is 0 Å². The van der Waals surface area contributed by atoms with Crippen LogP contribution in [0.3, 0.4) is 0 Å². The quantitative estimate of drug-likeness (QED) is 0.735. The molecule has 4 heteroatoms. The lowest BCUT2D eigenvalue weighted by Crippen LogP contribution is -2.47. The minimum atomic E-state index is -0.695. The molecule has 1 unspecified atom stereocenters. The van der Waals surface area contributed by atoms with Gasteiger partial charge in [-0.05, 0) is 37.1 Å². The molecule has 1 fully saturated rings. The van der Waals surface area contributed by atoms with Crippen molar-refractivity contribution in [3.05, 3.63) is 23.8 Å². The molecule has 0 bridgehead atoms. The van der Waals surface area contributed by atoms with Crippen LogP contribution in [0.15, 0.2) is 18.2 Å². The summed E-state index contributed by atoms with van der Waals surface area (Å²) in [6.45, 7) is 1.58. The molecule has 0 amide bonds. The van der Waals surface area contributed by atoms with Crippen LogP contribution < -0.4 is 10.1 Å². The number of piperidine rings is 1. The molecule has 0 saturated carbocycles. The second-order valence-corrected chi connectivity index (χ2v) is 4.69. The Morgan fingerprint density at radius 2 is 2.29 bits per heavy atom. The highest BCUT2D eigenvalue weighted by molar-refractivity contribution is 5.42. The average Bonchev–Trinajstić information content (AvgIpc) is 2.29. The first-order valence-corrected chi connectivity index (χ1v) is 5.92. The largest absolute Gasteiger partial charge is 0.504 e. The highest BCUT2D eigenvalue weighted by Gasteiger charge is 2.29. The summed E-state index contributed by atoms with van der Waals surface area (Å²) in [6, 6.07) is 5.26. The number of phenols is 1. The number of rotatable bonds is 3. The van der Waals surface area contributed by atoms with Crippen molar-refractivity contribution in [1.29, 1.82) is 0 Å². The molecule has 1 saturated heterocycles. The molecule has 0 radical (unpaired) electrons. The van der Waals surface area contributed by atoms with Crippen LogP contribution in [0.1, 0.15) is 18.4 Å². The van der Waals surface area contributed by atoms with Crippen molar-refractivity contribution in [2.45, 2.75) is 24.9 Å². The number of phenolic OH excluding ortho intramolecular Hbond substituents is 1. The molecule has 4 nitrogen and oxygen atoms in total. The van der Waals surface area contributed by atoms with Gasteiger partial charge >= 0.3 is 0 Å². The molecule has 17 heavy (non-hydrogen) atoms. The lowest BCUT2D eigenvalue weighted by molar-refractivity contribution is 0.0169.